The molecule has 2 rings (SSSR count). The van der Waals surface area contributed by atoms with Gasteiger partial charge in [-0.15, -0.1) is 11.3 Å². The molecule has 0 aliphatic heterocycles. The summed E-state index contributed by atoms with van der Waals surface area (Å²) in [7, 11) is 0. The minimum atomic E-state index is 0.0683. The van der Waals surface area contributed by atoms with Crippen molar-refractivity contribution in [2.75, 3.05) is 0 Å². The lowest BCUT2D eigenvalue weighted by molar-refractivity contribution is 0.310. The fourth-order valence-electron chi connectivity index (χ4n) is 1.31. The van der Waals surface area contributed by atoms with Crippen molar-refractivity contribution in [3.8, 4) is 5.75 Å². The molecule has 3 nitrogen and oxygen atoms in total. The van der Waals surface area contributed by atoms with Gasteiger partial charge in [-0.25, -0.2) is 0 Å². The van der Waals surface area contributed by atoms with Crippen LogP contribution in [0.3, 0.4) is 0 Å². The Morgan fingerprint density at radius 2 is 1.94 bits per heavy atom. The molecule has 1 aromatic carbocycles. The van der Waals surface area contributed by atoms with Crippen LogP contribution in [0.5, 0.6) is 5.75 Å². The van der Waals surface area contributed by atoms with Crippen molar-refractivity contribution in [1.29, 1.82) is 5.41 Å². The van der Waals surface area contributed by atoms with Gasteiger partial charge in [-0.05, 0) is 52.3 Å². The SMILES string of the molecule is N=C(N)c1ccc(OCc2ccc(Br)s2)cc1. The predicted molar refractivity (Wildman–Crippen MR) is 73.8 cm³/mol. The van der Waals surface area contributed by atoms with Gasteiger partial charge in [0.15, 0.2) is 0 Å². The van der Waals surface area contributed by atoms with Gasteiger partial charge in [0, 0.05) is 10.4 Å². The largest absolute Gasteiger partial charge is 0.488 e. The Labute approximate surface area is 112 Å². The topological polar surface area (TPSA) is 59.1 Å². The van der Waals surface area contributed by atoms with Gasteiger partial charge in [-0.1, -0.05) is 0 Å². The van der Waals surface area contributed by atoms with Crippen LogP contribution in [-0.4, -0.2) is 5.84 Å². The maximum Gasteiger partial charge on any atom is 0.122 e. The van der Waals surface area contributed by atoms with Crippen molar-refractivity contribution in [2.24, 2.45) is 5.73 Å². The average Bonchev–Trinajstić information content (AvgIpc) is 2.73. The van der Waals surface area contributed by atoms with Gasteiger partial charge in [-0.3, -0.25) is 5.41 Å². The van der Waals surface area contributed by atoms with E-state index in [0.717, 1.165) is 14.4 Å². The molecule has 0 atom stereocenters. The van der Waals surface area contributed by atoms with Crippen LogP contribution in [0.15, 0.2) is 40.2 Å². The Hall–Kier alpha value is -1.33. The molecule has 2 aromatic rings. The van der Waals surface area contributed by atoms with E-state index < -0.39 is 0 Å². The number of nitrogens with one attached hydrogen (secondary N) is 1. The van der Waals surface area contributed by atoms with Crippen LogP contribution in [0.25, 0.3) is 0 Å². The van der Waals surface area contributed by atoms with Crippen molar-refractivity contribution in [2.45, 2.75) is 6.61 Å². The molecule has 0 fully saturated rings. The van der Waals surface area contributed by atoms with Gasteiger partial charge < -0.3 is 10.5 Å². The Morgan fingerprint density at radius 3 is 2.47 bits per heavy atom. The van der Waals surface area contributed by atoms with Gasteiger partial charge in [0.05, 0.1) is 3.79 Å². The highest BCUT2D eigenvalue weighted by Gasteiger charge is 2.00. The van der Waals surface area contributed by atoms with E-state index in [-0.39, 0.29) is 5.84 Å². The van der Waals surface area contributed by atoms with Crippen LogP contribution in [0.4, 0.5) is 0 Å². The van der Waals surface area contributed by atoms with E-state index in [9.17, 15) is 0 Å². The molecule has 88 valence electrons. The molecule has 0 aliphatic carbocycles. The summed E-state index contributed by atoms with van der Waals surface area (Å²) in [6.07, 6.45) is 0. The highest BCUT2D eigenvalue weighted by Crippen LogP contribution is 2.23. The number of amidine groups is 1. The van der Waals surface area contributed by atoms with E-state index >= 15 is 0 Å². The molecule has 1 aromatic heterocycles. The number of nitrogens with two attached hydrogens (primary N) is 1. The highest BCUT2D eigenvalue weighted by molar-refractivity contribution is 9.11. The van der Waals surface area contributed by atoms with E-state index in [0.29, 0.717) is 12.2 Å². The first-order valence-corrected chi connectivity index (χ1v) is 6.57. The van der Waals surface area contributed by atoms with E-state index in [2.05, 4.69) is 15.9 Å². The third-order valence-corrected chi connectivity index (χ3v) is 3.77. The molecule has 0 radical (unpaired) electrons. The molecule has 0 spiro atoms. The van der Waals surface area contributed by atoms with E-state index in [1.165, 1.54) is 0 Å². The fraction of sp³-hybridized carbons (Fsp3) is 0.0833. The Balaban J connectivity index is 1.97. The average molecular weight is 311 g/mol. The summed E-state index contributed by atoms with van der Waals surface area (Å²) in [4.78, 5) is 1.16. The number of ether oxygens (including phenoxy) is 1. The molecule has 5 heteroatoms. The molecular weight excluding hydrogens is 300 g/mol. The predicted octanol–water partition coefficient (Wildman–Crippen LogP) is 3.37. The minimum absolute atomic E-state index is 0.0683. The van der Waals surface area contributed by atoms with E-state index in [1.54, 1.807) is 23.5 Å². The van der Waals surface area contributed by atoms with Crippen molar-refractivity contribution in [1.82, 2.24) is 0 Å². The number of benzene rings is 1. The van der Waals surface area contributed by atoms with Crippen molar-refractivity contribution < 1.29 is 4.74 Å². The van der Waals surface area contributed by atoms with Crippen LogP contribution in [0, 0.1) is 5.41 Å². The first kappa shape index (κ1) is 12.1. The second kappa shape index (κ2) is 5.33. The van der Waals surface area contributed by atoms with Crippen molar-refractivity contribution in [3.63, 3.8) is 0 Å². The summed E-state index contributed by atoms with van der Waals surface area (Å²) in [6.45, 7) is 0.551. The summed E-state index contributed by atoms with van der Waals surface area (Å²) in [5, 5.41) is 7.28. The molecule has 0 amide bonds. The second-order valence-corrected chi connectivity index (χ2v) is 5.98. The Bertz CT molecular complexity index is 522. The third-order valence-electron chi connectivity index (χ3n) is 2.18. The molecule has 17 heavy (non-hydrogen) atoms. The standard InChI is InChI=1S/C12H11BrN2OS/c13-11-6-5-10(17-11)7-16-9-3-1-8(2-4-9)12(14)15/h1-6H,7H2,(H3,14,15). The van der Waals surface area contributed by atoms with Gasteiger partial charge in [0.25, 0.3) is 0 Å². The molecular formula is C12H11BrN2OS. The van der Waals surface area contributed by atoms with Crippen LogP contribution in [0.1, 0.15) is 10.4 Å². The van der Waals surface area contributed by atoms with Gasteiger partial charge >= 0.3 is 0 Å². The van der Waals surface area contributed by atoms with Gasteiger partial charge in [-0.2, -0.15) is 0 Å². The summed E-state index contributed by atoms with van der Waals surface area (Å²) in [5.74, 6) is 0.846. The number of rotatable bonds is 4. The zero-order chi connectivity index (χ0) is 12.3. The number of thiophene rings is 1. The first-order chi connectivity index (χ1) is 8.15. The number of hydrogen-bond acceptors (Lipinski definition) is 3. The van der Waals surface area contributed by atoms with Crippen LogP contribution in [-0.2, 0) is 6.61 Å². The first-order valence-electron chi connectivity index (χ1n) is 4.96. The fourth-order valence-corrected chi connectivity index (χ4v) is 2.71. The van der Waals surface area contributed by atoms with Crippen molar-refractivity contribution in [3.05, 3.63) is 50.6 Å². The number of hydrogen-bond donors (Lipinski definition) is 2. The highest BCUT2D eigenvalue weighted by atomic mass is 79.9. The Kier molecular flexibility index (Phi) is 3.81. The normalized spacial score (nSPS) is 10.2. The summed E-state index contributed by atoms with van der Waals surface area (Å²) >= 11 is 5.06. The van der Waals surface area contributed by atoms with Crippen LogP contribution >= 0.6 is 27.3 Å². The molecule has 0 aliphatic rings. The minimum Gasteiger partial charge on any atom is -0.488 e. The molecule has 0 bridgehead atoms. The lowest BCUT2D eigenvalue weighted by Gasteiger charge is -2.05. The maximum atomic E-state index is 7.28. The lowest BCUT2D eigenvalue weighted by Crippen LogP contribution is -2.10. The molecule has 3 N–H and O–H groups in total. The lowest BCUT2D eigenvalue weighted by atomic mass is 10.2. The van der Waals surface area contributed by atoms with Crippen LogP contribution < -0.4 is 10.5 Å². The van der Waals surface area contributed by atoms with Gasteiger partial charge in [0.1, 0.15) is 18.2 Å². The zero-order valence-corrected chi connectivity index (χ0v) is 11.3. The number of nitrogen functional groups attached to an aromatic ring is 1. The molecule has 0 unspecified atom stereocenters. The number of halogens is 1. The van der Waals surface area contributed by atoms with Crippen molar-refractivity contribution >= 4 is 33.1 Å². The zero-order valence-electron chi connectivity index (χ0n) is 8.94. The van der Waals surface area contributed by atoms with E-state index in [4.69, 9.17) is 15.9 Å². The van der Waals surface area contributed by atoms with E-state index in [1.807, 2.05) is 24.3 Å². The smallest absolute Gasteiger partial charge is 0.122 e. The molecule has 0 saturated heterocycles. The molecule has 1 heterocycles. The summed E-state index contributed by atoms with van der Waals surface area (Å²) in [5.41, 5.74) is 6.08. The summed E-state index contributed by atoms with van der Waals surface area (Å²) in [6, 6.07) is 11.2. The Morgan fingerprint density at radius 1 is 1.24 bits per heavy atom. The maximum absolute atomic E-state index is 7.28. The quantitative estimate of drug-likeness (QED) is 0.672. The third kappa shape index (κ3) is 3.31. The molecule has 0 saturated carbocycles. The van der Waals surface area contributed by atoms with Gasteiger partial charge in [0.2, 0.25) is 0 Å². The summed E-state index contributed by atoms with van der Waals surface area (Å²) < 4.78 is 6.72. The second-order valence-electron chi connectivity index (χ2n) is 3.43. The monoisotopic (exact) mass is 310 g/mol. The van der Waals surface area contributed by atoms with Crippen LogP contribution in [0.2, 0.25) is 0 Å².